The zero-order chi connectivity index (χ0) is 26.7. The lowest BCUT2D eigenvalue weighted by Gasteiger charge is -2.43. The van der Waals surface area contributed by atoms with Crippen molar-refractivity contribution in [2.45, 2.75) is 65.5 Å². The van der Waals surface area contributed by atoms with Gasteiger partial charge in [0.05, 0.1) is 12.7 Å². The number of aromatic nitrogens is 1. The number of aryl methyl sites for hydroxylation is 1. The first-order valence-electron chi connectivity index (χ1n) is 13.5. The molecule has 1 aliphatic heterocycles. The molecule has 0 saturated heterocycles. The summed E-state index contributed by atoms with van der Waals surface area (Å²) in [5.74, 6) is -0.234. The maximum Gasteiger partial charge on any atom is 0.128 e. The van der Waals surface area contributed by atoms with Crippen molar-refractivity contribution in [1.29, 1.82) is 0 Å². The van der Waals surface area contributed by atoms with Crippen molar-refractivity contribution in [2.75, 3.05) is 26.3 Å². The number of rotatable bonds is 11. The van der Waals surface area contributed by atoms with Crippen LogP contribution in [-0.4, -0.2) is 42.2 Å². The molecular formula is C31H40F3N3. The molecule has 2 aromatic carbocycles. The minimum absolute atomic E-state index is 0.142. The van der Waals surface area contributed by atoms with Gasteiger partial charge in [-0.25, -0.2) is 8.78 Å². The van der Waals surface area contributed by atoms with Crippen LogP contribution in [0.4, 0.5) is 13.2 Å². The van der Waals surface area contributed by atoms with Gasteiger partial charge in [0, 0.05) is 34.7 Å². The minimum atomic E-state index is -0.309. The third-order valence-corrected chi connectivity index (χ3v) is 8.03. The highest BCUT2D eigenvalue weighted by molar-refractivity contribution is 5.85. The van der Waals surface area contributed by atoms with E-state index in [0.29, 0.717) is 18.5 Å². The molecule has 1 aromatic heterocycles. The van der Waals surface area contributed by atoms with Crippen molar-refractivity contribution < 1.29 is 13.2 Å². The van der Waals surface area contributed by atoms with Gasteiger partial charge in [-0.1, -0.05) is 25.1 Å². The Bertz CT molecular complexity index is 1250. The fourth-order valence-electron chi connectivity index (χ4n) is 5.66. The van der Waals surface area contributed by atoms with E-state index >= 15 is 4.39 Å². The molecule has 37 heavy (non-hydrogen) atoms. The van der Waals surface area contributed by atoms with Gasteiger partial charge in [-0.2, -0.15) is 0 Å². The minimum Gasteiger partial charge on any atom is -0.357 e. The van der Waals surface area contributed by atoms with Gasteiger partial charge in [-0.3, -0.25) is 9.29 Å². The van der Waals surface area contributed by atoms with Gasteiger partial charge in [-0.05, 0) is 106 Å². The molecular weight excluding hydrogens is 471 g/mol. The lowest BCUT2D eigenvalue weighted by atomic mass is 9.84. The Balaban J connectivity index is 1.77. The Morgan fingerprint density at radius 2 is 1.95 bits per heavy atom. The van der Waals surface area contributed by atoms with Crippen molar-refractivity contribution in [3.8, 4) is 0 Å². The molecule has 0 radical (unpaired) electrons. The van der Waals surface area contributed by atoms with Gasteiger partial charge < -0.3 is 10.3 Å². The summed E-state index contributed by atoms with van der Waals surface area (Å²) in [7, 11) is 0. The van der Waals surface area contributed by atoms with Crippen LogP contribution in [0.25, 0.3) is 10.9 Å². The quantitative estimate of drug-likeness (QED) is 0.211. The second-order valence-corrected chi connectivity index (χ2v) is 10.7. The van der Waals surface area contributed by atoms with E-state index in [4.69, 9.17) is 0 Å². The third-order valence-electron chi connectivity index (χ3n) is 8.03. The Labute approximate surface area is 219 Å². The number of H-pyrrole nitrogens is 1. The number of fused-ring (bicyclic) bond motifs is 3. The number of halogens is 3. The average molecular weight is 512 g/mol. The molecule has 0 bridgehead atoms. The maximum atomic E-state index is 15.8. The summed E-state index contributed by atoms with van der Waals surface area (Å²) in [6, 6.07) is 8.16. The van der Waals surface area contributed by atoms with E-state index in [9.17, 15) is 8.78 Å². The first-order valence-corrected chi connectivity index (χ1v) is 13.5. The molecule has 200 valence electrons. The molecule has 0 spiro atoms. The molecule has 2 heterocycles. The zero-order valence-electron chi connectivity index (χ0n) is 22.6. The van der Waals surface area contributed by atoms with Gasteiger partial charge in [-0.15, -0.1) is 0 Å². The summed E-state index contributed by atoms with van der Waals surface area (Å²) in [6.07, 6.45) is 3.00. The van der Waals surface area contributed by atoms with Crippen molar-refractivity contribution in [3.63, 3.8) is 0 Å². The largest absolute Gasteiger partial charge is 0.357 e. The van der Waals surface area contributed by atoms with Crippen LogP contribution in [0.15, 0.2) is 42.5 Å². The van der Waals surface area contributed by atoms with Gasteiger partial charge in [0.25, 0.3) is 0 Å². The molecule has 0 fully saturated rings. The molecule has 2 N–H and O–H groups in total. The van der Waals surface area contributed by atoms with Gasteiger partial charge >= 0.3 is 0 Å². The maximum absolute atomic E-state index is 15.8. The summed E-state index contributed by atoms with van der Waals surface area (Å²) in [5.41, 5.74) is 6.79. The van der Waals surface area contributed by atoms with Gasteiger partial charge in [0.2, 0.25) is 0 Å². The smallest absolute Gasteiger partial charge is 0.128 e. The highest BCUT2D eigenvalue weighted by Crippen LogP contribution is 2.43. The van der Waals surface area contributed by atoms with Crippen LogP contribution in [0.3, 0.4) is 0 Å². The van der Waals surface area contributed by atoms with Crippen molar-refractivity contribution in [2.24, 2.45) is 5.92 Å². The fraction of sp³-hybridized carbons (Fsp3) is 0.484. The summed E-state index contributed by atoms with van der Waals surface area (Å²) in [6.45, 7) is 14.5. The summed E-state index contributed by atoms with van der Waals surface area (Å²) in [5, 5.41) is 4.16. The monoisotopic (exact) mass is 511 g/mol. The third kappa shape index (κ3) is 5.80. The highest BCUT2D eigenvalue weighted by atomic mass is 19.1. The van der Waals surface area contributed by atoms with Crippen LogP contribution in [-0.2, 0) is 12.8 Å². The summed E-state index contributed by atoms with van der Waals surface area (Å²) < 4.78 is 42.4. The predicted molar refractivity (Wildman–Crippen MR) is 147 cm³/mol. The number of aromatic amines is 1. The SMILES string of the molecule is C=C(C)C(C)CN1C(c2c(F)ccc(CCCNCCCF)c2C)c2[nH]c3ccc(F)cc3c2C[C@H]1C. The Morgan fingerprint density at radius 1 is 1.19 bits per heavy atom. The first-order chi connectivity index (χ1) is 17.7. The second-order valence-electron chi connectivity index (χ2n) is 10.7. The Kier molecular flexibility index (Phi) is 8.81. The van der Waals surface area contributed by atoms with E-state index in [1.54, 1.807) is 18.2 Å². The van der Waals surface area contributed by atoms with Crippen LogP contribution in [0, 0.1) is 24.5 Å². The van der Waals surface area contributed by atoms with E-state index in [-0.39, 0.29) is 36.3 Å². The van der Waals surface area contributed by atoms with Crippen molar-refractivity contribution in [3.05, 3.63) is 82.1 Å². The fourth-order valence-corrected chi connectivity index (χ4v) is 5.66. The molecule has 0 aliphatic carbocycles. The lowest BCUT2D eigenvalue weighted by molar-refractivity contribution is 0.131. The molecule has 6 heteroatoms. The van der Waals surface area contributed by atoms with E-state index in [1.807, 2.05) is 19.9 Å². The highest BCUT2D eigenvalue weighted by Gasteiger charge is 2.38. The van der Waals surface area contributed by atoms with Crippen LogP contribution in [0.5, 0.6) is 0 Å². The normalized spacial score (nSPS) is 18.8. The second kappa shape index (κ2) is 11.9. The molecule has 3 nitrogen and oxygen atoms in total. The van der Waals surface area contributed by atoms with Crippen LogP contribution < -0.4 is 5.32 Å². The molecule has 0 saturated carbocycles. The predicted octanol–water partition coefficient (Wildman–Crippen LogP) is 7.18. The Morgan fingerprint density at radius 3 is 2.68 bits per heavy atom. The summed E-state index contributed by atoms with van der Waals surface area (Å²) >= 11 is 0. The van der Waals surface area contributed by atoms with E-state index in [0.717, 1.165) is 71.2 Å². The van der Waals surface area contributed by atoms with Gasteiger partial charge in [0.1, 0.15) is 11.6 Å². The standard InChI is InChI=1S/C31H40F3N3/c1-19(2)20(3)18-37-21(4)16-26-25-17-24(33)10-12-28(25)36-30(26)31(37)29-22(5)23(9-11-27(29)34)8-6-14-35-15-7-13-32/h9-12,17,20-21,31,35-36H,1,6-8,13-16,18H2,2-5H3/t20?,21-,31?/m1/s1. The number of nitrogens with one attached hydrogen (secondary N) is 2. The van der Waals surface area contributed by atoms with E-state index in [1.165, 1.54) is 6.07 Å². The molecule has 3 atom stereocenters. The topological polar surface area (TPSA) is 31.1 Å². The molecule has 3 aromatic rings. The van der Waals surface area contributed by atoms with Crippen molar-refractivity contribution in [1.82, 2.24) is 15.2 Å². The number of benzene rings is 2. The van der Waals surface area contributed by atoms with Crippen molar-refractivity contribution >= 4 is 10.9 Å². The van der Waals surface area contributed by atoms with E-state index in [2.05, 4.69) is 35.6 Å². The Hall–Kier alpha value is -2.57. The number of hydrogen-bond acceptors (Lipinski definition) is 2. The van der Waals surface area contributed by atoms with Crippen LogP contribution in [0.2, 0.25) is 0 Å². The number of nitrogens with zero attached hydrogens (tertiary/aromatic N) is 1. The van der Waals surface area contributed by atoms with Crippen LogP contribution >= 0.6 is 0 Å². The van der Waals surface area contributed by atoms with Gasteiger partial charge in [0.15, 0.2) is 0 Å². The molecule has 0 amide bonds. The average Bonchev–Trinajstić information content (AvgIpc) is 3.21. The number of hydrogen-bond donors (Lipinski definition) is 2. The number of alkyl halides is 1. The zero-order valence-corrected chi connectivity index (χ0v) is 22.6. The molecule has 2 unspecified atom stereocenters. The summed E-state index contributed by atoms with van der Waals surface area (Å²) in [4.78, 5) is 5.94. The molecule has 1 aliphatic rings. The molecule has 4 rings (SSSR count). The lowest BCUT2D eigenvalue weighted by Crippen LogP contribution is -2.45. The van der Waals surface area contributed by atoms with E-state index < -0.39 is 0 Å². The van der Waals surface area contributed by atoms with Crippen LogP contribution in [0.1, 0.15) is 67.6 Å². The first kappa shape index (κ1) is 27.5.